The van der Waals surface area contributed by atoms with Gasteiger partial charge in [0, 0.05) is 17.0 Å². The van der Waals surface area contributed by atoms with Gasteiger partial charge in [0.15, 0.2) is 0 Å². The van der Waals surface area contributed by atoms with Crippen LogP contribution in [0.15, 0.2) is 30.3 Å². The van der Waals surface area contributed by atoms with Gasteiger partial charge in [0.05, 0.1) is 11.6 Å². The lowest BCUT2D eigenvalue weighted by atomic mass is 10.0. The number of aromatic amines is 1. The van der Waals surface area contributed by atoms with Crippen molar-refractivity contribution < 1.29 is 0 Å². The largest absolute Gasteiger partial charge is 0.358 e. The molecule has 0 radical (unpaired) electrons. The maximum Gasteiger partial charge on any atom is 0.0998 e. The zero-order chi connectivity index (χ0) is 10.8. The number of aromatic nitrogens is 1. The molecule has 0 spiro atoms. The molecule has 0 saturated heterocycles. The van der Waals surface area contributed by atoms with Crippen molar-refractivity contribution in [2.24, 2.45) is 0 Å². The highest BCUT2D eigenvalue weighted by molar-refractivity contribution is 5.70. The van der Waals surface area contributed by atoms with Gasteiger partial charge in [-0.15, -0.1) is 0 Å². The molecule has 1 aromatic carbocycles. The fourth-order valence-corrected chi connectivity index (χ4v) is 1.81. The summed E-state index contributed by atoms with van der Waals surface area (Å²) in [6, 6.07) is 11.9. The minimum atomic E-state index is 0.711. The van der Waals surface area contributed by atoms with E-state index in [0.29, 0.717) is 5.56 Å². The summed E-state index contributed by atoms with van der Waals surface area (Å²) < 4.78 is 0. The second kappa shape index (κ2) is 3.62. The number of hydrogen-bond donors (Lipinski definition) is 1. The summed E-state index contributed by atoms with van der Waals surface area (Å²) >= 11 is 0. The molecule has 2 rings (SSSR count). The van der Waals surface area contributed by atoms with Gasteiger partial charge in [-0.05, 0) is 31.5 Å². The summed E-state index contributed by atoms with van der Waals surface area (Å²) in [5.74, 6) is 0. The molecule has 0 aliphatic heterocycles. The Morgan fingerprint density at radius 1 is 1.20 bits per heavy atom. The number of nitrogens with zero attached hydrogens (tertiary/aromatic N) is 1. The second-order valence-electron chi connectivity index (χ2n) is 3.67. The van der Waals surface area contributed by atoms with E-state index < -0.39 is 0 Å². The maximum atomic E-state index is 9.01. The number of aryl methyl sites for hydroxylation is 2. The van der Waals surface area contributed by atoms with Gasteiger partial charge in [-0.1, -0.05) is 18.2 Å². The highest BCUT2D eigenvalue weighted by Crippen LogP contribution is 2.25. The van der Waals surface area contributed by atoms with Gasteiger partial charge in [0.2, 0.25) is 0 Å². The van der Waals surface area contributed by atoms with Crippen LogP contribution in [-0.4, -0.2) is 4.98 Å². The molecule has 0 fully saturated rings. The van der Waals surface area contributed by atoms with E-state index >= 15 is 0 Å². The van der Waals surface area contributed by atoms with Crippen LogP contribution in [-0.2, 0) is 0 Å². The summed E-state index contributed by atoms with van der Waals surface area (Å²) in [6.07, 6.45) is 0. The zero-order valence-electron chi connectivity index (χ0n) is 8.83. The van der Waals surface area contributed by atoms with Crippen molar-refractivity contribution in [3.63, 3.8) is 0 Å². The first kappa shape index (κ1) is 9.54. The molecule has 74 valence electrons. The first-order valence-corrected chi connectivity index (χ1v) is 4.88. The van der Waals surface area contributed by atoms with Crippen molar-refractivity contribution in [1.82, 2.24) is 4.98 Å². The van der Waals surface area contributed by atoms with Crippen molar-refractivity contribution in [3.05, 3.63) is 47.2 Å². The lowest BCUT2D eigenvalue weighted by molar-refractivity contribution is 1.26. The van der Waals surface area contributed by atoms with Gasteiger partial charge >= 0.3 is 0 Å². The van der Waals surface area contributed by atoms with Crippen molar-refractivity contribution in [1.29, 1.82) is 5.26 Å². The summed E-state index contributed by atoms with van der Waals surface area (Å²) in [4.78, 5) is 3.28. The molecule has 1 aromatic heterocycles. The van der Waals surface area contributed by atoms with Crippen molar-refractivity contribution >= 4 is 0 Å². The van der Waals surface area contributed by atoms with Crippen LogP contribution in [0.3, 0.4) is 0 Å². The molecule has 0 saturated carbocycles. The Balaban J connectivity index is 2.64. The van der Waals surface area contributed by atoms with Gasteiger partial charge in [0.1, 0.15) is 0 Å². The van der Waals surface area contributed by atoms with Gasteiger partial charge in [-0.2, -0.15) is 5.26 Å². The Morgan fingerprint density at radius 3 is 2.53 bits per heavy atom. The Hall–Kier alpha value is -2.01. The van der Waals surface area contributed by atoms with Crippen LogP contribution in [0, 0.1) is 25.2 Å². The smallest absolute Gasteiger partial charge is 0.0998 e. The number of rotatable bonds is 1. The molecule has 0 bridgehead atoms. The van der Waals surface area contributed by atoms with Gasteiger partial charge < -0.3 is 4.98 Å². The lowest BCUT2D eigenvalue weighted by Gasteiger charge is -2.02. The molecule has 2 aromatic rings. The van der Waals surface area contributed by atoms with Crippen LogP contribution < -0.4 is 0 Å². The fourth-order valence-electron chi connectivity index (χ4n) is 1.81. The van der Waals surface area contributed by atoms with E-state index in [1.54, 1.807) is 0 Å². The van der Waals surface area contributed by atoms with Crippen molar-refractivity contribution in [3.8, 4) is 17.3 Å². The van der Waals surface area contributed by atoms with Crippen LogP contribution >= 0.6 is 0 Å². The van der Waals surface area contributed by atoms with Crippen molar-refractivity contribution in [2.45, 2.75) is 13.8 Å². The molecule has 0 atom stereocenters. The van der Waals surface area contributed by atoms with Crippen LogP contribution in [0.2, 0.25) is 0 Å². The quantitative estimate of drug-likeness (QED) is 0.747. The van der Waals surface area contributed by atoms with Crippen molar-refractivity contribution in [2.75, 3.05) is 0 Å². The molecule has 0 amide bonds. The summed E-state index contributed by atoms with van der Waals surface area (Å²) in [5.41, 5.74) is 5.03. The number of nitrogens with one attached hydrogen (secondary N) is 1. The summed E-state index contributed by atoms with van der Waals surface area (Å²) in [5, 5.41) is 9.01. The topological polar surface area (TPSA) is 39.6 Å². The standard InChI is InChI=1S/C13H12N2/c1-9-7-10(2)15-13(9)12-6-4-3-5-11(12)8-14/h3-7,15H,1-2H3. The molecule has 0 unspecified atom stereocenters. The van der Waals surface area contributed by atoms with Gasteiger partial charge in [-0.3, -0.25) is 0 Å². The number of benzene rings is 1. The Kier molecular flexibility index (Phi) is 2.31. The second-order valence-corrected chi connectivity index (χ2v) is 3.67. The molecular formula is C13H12N2. The van der Waals surface area contributed by atoms with E-state index in [0.717, 1.165) is 17.0 Å². The van der Waals surface area contributed by atoms with Crippen LogP contribution in [0.25, 0.3) is 11.3 Å². The van der Waals surface area contributed by atoms with E-state index in [-0.39, 0.29) is 0 Å². The first-order chi connectivity index (χ1) is 7.22. The Bertz CT molecular complexity index is 530. The van der Waals surface area contributed by atoms with E-state index in [1.165, 1.54) is 5.56 Å². The van der Waals surface area contributed by atoms with E-state index in [4.69, 9.17) is 5.26 Å². The molecule has 2 nitrogen and oxygen atoms in total. The van der Waals surface area contributed by atoms with Crippen LogP contribution in [0.1, 0.15) is 16.8 Å². The predicted octanol–water partition coefficient (Wildman–Crippen LogP) is 3.17. The fraction of sp³-hybridized carbons (Fsp3) is 0.154. The monoisotopic (exact) mass is 196 g/mol. The first-order valence-electron chi connectivity index (χ1n) is 4.88. The summed E-state index contributed by atoms with van der Waals surface area (Å²) in [7, 11) is 0. The third-order valence-corrected chi connectivity index (χ3v) is 2.47. The highest BCUT2D eigenvalue weighted by atomic mass is 14.7. The molecule has 0 aliphatic rings. The Labute approximate surface area is 89.2 Å². The third kappa shape index (κ3) is 1.64. The zero-order valence-corrected chi connectivity index (χ0v) is 8.83. The average molecular weight is 196 g/mol. The SMILES string of the molecule is Cc1cc(C)c(-c2ccccc2C#N)[nH]1. The minimum Gasteiger partial charge on any atom is -0.358 e. The van der Waals surface area contributed by atoms with E-state index in [9.17, 15) is 0 Å². The number of nitriles is 1. The summed E-state index contributed by atoms with van der Waals surface area (Å²) in [6.45, 7) is 4.07. The molecule has 1 heterocycles. The molecule has 15 heavy (non-hydrogen) atoms. The highest BCUT2D eigenvalue weighted by Gasteiger charge is 2.08. The minimum absolute atomic E-state index is 0.711. The normalized spacial score (nSPS) is 9.93. The Morgan fingerprint density at radius 2 is 1.93 bits per heavy atom. The van der Waals surface area contributed by atoms with Gasteiger partial charge in [0.25, 0.3) is 0 Å². The number of H-pyrrole nitrogens is 1. The van der Waals surface area contributed by atoms with E-state index in [2.05, 4.69) is 17.1 Å². The van der Waals surface area contributed by atoms with Crippen LogP contribution in [0.5, 0.6) is 0 Å². The van der Waals surface area contributed by atoms with Crippen LogP contribution in [0.4, 0.5) is 0 Å². The maximum absolute atomic E-state index is 9.01. The third-order valence-electron chi connectivity index (χ3n) is 2.47. The van der Waals surface area contributed by atoms with Gasteiger partial charge in [-0.25, -0.2) is 0 Å². The molecule has 2 heteroatoms. The average Bonchev–Trinajstić information content (AvgIpc) is 2.57. The molecule has 0 aliphatic carbocycles. The van der Waals surface area contributed by atoms with E-state index in [1.807, 2.05) is 38.1 Å². The predicted molar refractivity (Wildman–Crippen MR) is 60.4 cm³/mol. The molecular weight excluding hydrogens is 184 g/mol. The lowest BCUT2D eigenvalue weighted by Crippen LogP contribution is -1.85. The molecule has 1 N–H and O–H groups in total. The number of hydrogen-bond acceptors (Lipinski definition) is 1.